The van der Waals surface area contributed by atoms with Gasteiger partial charge in [-0.1, -0.05) is 49.7 Å². The number of aryl methyl sites for hydroxylation is 1. The van der Waals surface area contributed by atoms with Gasteiger partial charge < -0.3 is 9.64 Å². The summed E-state index contributed by atoms with van der Waals surface area (Å²) in [4.78, 5) is 32.5. The number of rotatable bonds is 7. The summed E-state index contributed by atoms with van der Waals surface area (Å²) in [6, 6.07) is 16.0. The van der Waals surface area contributed by atoms with Crippen LogP contribution in [0, 0.1) is 0 Å². The van der Waals surface area contributed by atoms with Crippen molar-refractivity contribution in [2.45, 2.75) is 52.0 Å². The molecule has 1 aliphatic rings. The normalized spacial score (nSPS) is 16.8. The largest absolute Gasteiger partial charge is 0.467 e. The molecule has 2 aromatic heterocycles. The third kappa shape index (κ3) is 4.15. The molecule has 3 heterocycles. The second-order valence-electron chi connectivity index (χ2n) is 9.57. The Hall–Kier alpha value is -4.34. The van der Waals surface area contributed by atoms with Crippen molar-refractivity contribution >= 4 is 11.9 Å². The molecule has 1 N–H and O–H groups in total. The van der Waals surface area contributed by atoms with Gasteiger partial charge >= 0.3 is 5.97 Å². The van der Waals surface area contributed by atoms with E-state index in [9.17, 15) is 9.59 Å². The molecular weight excluding hydrogens is 482 g/mol. The van der Waals surface area contributed by atoms with Gasteiger partial charge in [0.15, 0.2) is 5.54 Å². The summed E-state index contributed by atoms with van der Waals surface area (Å²) in [5, 5.41) is 14.5. The number of aromatic amines is 1. The number of nitrogens with one attached hydrogen (secondary N) is 1. The molecule has 1 aliphatic heterocycles. The summed E-state index contributed by atoms with van der Waals surface area (Å²) in [6.07, 6.45) is 3.29. The maximum absolute atomic E-state index is 13.3. The number of hydrogen-bond acceptors (Lipinski definition) is 7. The van der Waals surface area contributed by atoms with Crippen molar-refractivity contribution in [3.05, 3.63) is 65.7 Å². The standard InChI is InChI=1S/C28H31N7O3/c1-5-6-11-24-29-23-16-17-34(18(2)36)28(3,27(37)38-4)25(23)35(24)20-14-12-19(13-15-20)21-9-7-8-10-22(21)26-30-32-33-31-26/h7-10,12-15H,5-6,11,16-17H2,1-4H3,(H,30,31,32,33). The fourth-order valence-electron chi connectivity index (χ4n) is 5.41. The van der Waals surface area contributed by atoms with Crippen LogP contribution in [0.3, 0.4) is 0 Å². The molecule has 0 aliphatic carbocycles. The van der Waals surface area contributed by atoms with Gasteiger partial charge in [-0.15, -0.1) is 10.2 Å². The van der Waals surface area contributed by atoms with Gasteiger partial charge in [0.25, 0.3) is 0 Å². The monoisotopic (exact) mass is 513 g/mol. The average Bonchev–Trinajstić information content (AvgIpc) is 3.60. The minimum Gasteiger partial charge on any atom is -0.467 e. The first kappa shape index (κ1) is 25.3. The van der Waals surface area contributed by atoms with E-state index in [1.165, 1.54) is 14.0 Å². The number of esters is 1. The maximum Gasteiger partial charge on any atom is 0.337 e. The Kier molecular flexibility index (Phi) is 6.79. The van der Waals surface area contributed by atoms with Gasteiger partial charge in [-0.3, -0.25) is 9.36 Å². The lowest BCUT2D eigenvalue weighted by Gasteiger charge is -2.42. The van der Waals surface area contributed by atoms with Gasteiger partial charge in [0, 0.05) is 37.6 Å². The fraction of sp³-hybridized carbons (Fsp3) is 0.357. The molecule has 1 amide bonds. The van der Waals surface area contributed by atoms with Crippen molar-refractivity contribution < 1.29 is 14.3 Å². The Labute approximate surface area is 221 Å². The lowest BCUT2D eigenvalue weighted by atomic mass is 9.88. The molecule has 5 rings (SSSR count). The van der Waals surface area contributed by atoms with E-state index in [2.05, 4.69) is 27.5 Å². The highest BCUT2D eigenvalue weighted by molar-refractivity contribution is 5.89. The number of methoxy groups -OCH3 is 1. The molecule has 10 nitrogen and oxygen atoms in total. The topological polar surface area (TPSA) is 119 Å². The number of H-pyrrole nitrogens is 1. The molecule has 0 saturated heterocycles. The van der Waals surface area contributed by atoms with Gasteiger partial charge in [-0.2, -0.15) is 5.21 Å². The number of nitrogens with zero attached hydrogens (tertiary/aromatic N) is 6. The van der Waals surface area contributed by atoms with E-state index in [1.54, 1.807) is 11.8 Å². The van der Waals surface area contributed by atoms with Gasteiger partial charge in [-0.25, -0.2) is 9.78 Å². The molecule has 2 aromatic carbocycles. The van der Waals surface area contributed by atoms with E-state index in [4.69, 9.17) is 9.72 Å². The van der Waals surface area contributed by atoms with Crippen LogP contribution in [0.25, 0.3) is 28.2 Å². The van der Waals surface area contributed by atoms with Gasteiger partial charge in [-0.05, 0) is 41.8 Å². The molecule has 0 fully saturated rings. The van der Waals surface area contributed by atoms with Crippen LogP contribution < -0.4 is 0 Å². The third-order valence-corrected chi connectivity index (χ3v) is 7.26. The Bertz CT molecular complexity index is 1460. The third-order valence-electron chi connectivity index (χ3n) is 7.26. The second kappa shape index (κ2) is 10.2. The minimum absolute atomic E-state index is 0.181. The van der Waals surface area contributed by atoms with Crippen LogP contribution in [0.4, 0.5) is 0 Å². The van der Waals surface area contributed by atoms with Gasteiger partial charge in [0.05, 0.1) is 18.5 Å². The van der Waals surface area contributed by atoms with Crippen molar-refractivity contribution in [1.29, 1.82) is 0 Å². The quantitative estimate of drug-likeness (QED) is 0.373. The first-order valence-corrected chi connectivity index (χ1v) is 12.8. The highest BCUT2D eigenvalue weighted by Gasteiger charge is 2.51. The van der Waals surface area contributed by atoms with Gasteiger partial charge in [0.1, 0.15) is 5.82 Å². The first-order valence-electron chi connectivity index (χ1n) is 12.8. The molecule has 0 bridgehead atoms. The molecule has 196 valence electrons. The zero-order valence-electron chi connectivity index (χ0n) is 22.1. The Balaban J connectivity index is 1.65. The number of carbonyl (C=O) groups excluding carboxylic acids is 2. The number of ether oxygens (including phenoxy) is 1. The van der Waals surface area contributed by atoms with Crippen molar-refractivity contribution in [1.82, 2.24) is 35.1 Å². The fourth-order valence-corrected chi connectivity index (χ4v) is 5.41. The zero-order valence-corrected chi connectivity index (χ0v) is 22.1. The number of benzene rings is 2. The molecular formula is C28H31N7O3. The highest BCUT2D eigenvalue weighted by Crippen LogP contribution is 2.40. The number of imidazole rings is 1. The zero-order chi connectivity index (χ0) is 26.9. The predicted octanol–water partition coefficient (Wildman–Crippen LogP) is 3.85. The highest BCUT2D eigenvalue weighted by atomic mass is 16.5. The summed E-state index contributed by atoms with van der Waals surface area (Å²) in [5.41, 5.74) is 3.92. The number of aromatic nitrogens is 6. The average molecular weight is 514 g/mol. The molecule has 0 saturated carbocycles. The molecule has 4 aromatic rings. The van der Waals surface area contributed by atoms with Crippen LogP contribution in [0.5, 0.6) is 0 Å². The number of tetrazole rings is 1. The maximum atomic E-state index is 13.3. The second-order valence-corrected chi connectivity index (χ2v) is 9.57. The Morgan fingerprint density at radius 3 is 2.47 bits per heavy atom. The smallest absolute Gasteiger partial charge is 0.337 e. The lowest BCUT2D eigenvalue weighted by Crippen LogP contribution is -2.56. The Morgan fingerprint density at radius 1 is 1.11 bits per heavy atom. The summed E-state index contributed by atoms with van der Waals surface area (Å²) >= 11 is 0. The van der Waals surface area contributed by atoms with Crippen LogP contribution in [-0.4, -0.2) is 60.6 Å². The SMILES string of the molecule is CCCCc1nc2c(n1-c1ccc(-c3ccccc3-c3nn[nH]n3)cc1)C(C)(C(=O)OC)N(C(C)=O)CC2. The Morgan fingerprint density at radius 2 is 1.84 bits per heavy atom. The van der Waals surface area contributed by atoms with E-state index in [0.717, 1.165) is 53.2 Å². The predicted molar refractivity (Wildman–Crippen MR) is 141 cm³/mol. The molecule has 0 radical (unpaired) electrons. The number of carbonyl (C=O) groups is 2. The molecule has 1 unspecified atom stereocenters. The van der Waals surface area contributed by atoms with Crippen molar-refractivity contribution in [3.8, 4) is 28.2 Å². The van der Waals surface area contributed by atoms with E-state index in [-0.39, 0.29) is 5.91 Å². The summed E-state index contributed by atoms with van der Waals surface area (Å²) in [6.45, 7) is 5.79. The number of amides is 1. The van der Waals surface area contributed by atoms with E-state index < -0.39 is 11.5 Å². The van der Waals surface area contributed by atoms with Crippen molar-refractivity contribution in [2.75, 3.05) is 13.7 Å². The van der Waals surface area contributed by atoms with Crippen LogP contribution in [0.15, 0.2) is 48.5 Å². The van der Waals surface area contributed by atoms with Crippen LogP contribution in [-0.2, 0) is 32.7 Å². The van der Waals surface area contributed by atoms with E-state index in [1.807, 2.05) is 53.1 Å². The molecule has 0 spiro atoms. The van der Waals surface area contributed by atoms with E-state index >= 15 is 0 Å². The van der Waals surface area contributed by atoms with Crippen LogP contribution in [0.1, 0.15) is 50.8 Å². The molecule has 38 heavy (non-hydrogen) atoms. The summed E-state index contributed by atoms with van der Waals surface area (Å²) < 4.78 is 7.29. The summed E-state index contributed by atoms with van der Waals surface area (Å²) in [5.74, 6) is 0.730. The van der Waals surface area contributed by atoms with E-state index in [0.29, 0.717) is 24.5 Å². The van der Waals surface area contributed by atoms with Crippen molar-refractivity contribution in [3.63, 3.8) is 0 Å². The van der Waals surface area contributed by atoms with Crippen molar-refractivity contribution in [2.24, 2.45) is 0 Å². The summed E-state index contributed by atoms with van der Waals surface area (Å²) in [7, 11) is 1.36. The number of hydrogen-bond donors (Lipinski definition) is 1. The van der Waals surface area contributed by atoms with Crippen LogP contribution in [0.2, 0.25) is 0 Å². The minimum atomic E-state index is -1.30. The first-order chi connectivity index (χ1) is 18.4. The molecule has 10 heteroatoms. The van der Waals surface area contributed by atoms with Crippen LogP contribution >= 0.6 is 0 Å². The molecule has 1 atom stereocenters. The lowest BCUT2D eigenvalue weighted by molar-refractivity contribution is -0.162. The number of unbranched alkanes of at least 4 members (excludes halogenated alkanes) is 1. The number of fused-ring (bicyclic) bond motifs is 1. The van der Waals surface area contributed by atoms with Gasteiger partial charge in [0.2, 0.25) is 11.7 Å².